The molecule has 1 aromatic heterocycles. The SMILES string of the molecule is CC(C)(C)OC(=O)[C@](O)(CNCCCc1ccc2c(c1)cc(C(=O)OCc1ccccc1)n2Cc1ccc([N+](=O)[O-])cc1)COc1ccccc1. The first-order valence-corrected chi connectivity index (χ1v) is 16.8. The number of fused-ring (bicyclic) bond motifs is 1. The number of rotatable bonds is 16. The maximum atomic E-state index is 13.4. The Bertz CT molecular complexity index is 1940. The lowest BCUT2D eigenvalue weighted by Crippen LogP contribution is -2.54. The number of para-hydroxylation sites is 1. The predicted octanol–water partition coefficient (Wildman–Crippen LogP) is 6.63. The zero-order valence-electron chi connectivity index (χ0n) is 29.0. The number of hydrogen-bond donors (Lipinski definition) is 2. The lowest BCUT2D eigenvalue weighted by molar-refractivity contribution is -0.384. The number of nitro groups is 1. The van der Waals surface area contributed by atoms with Gasteiger partial charge >= 0.3 is 11.9 Å². The molecule has 0 aliphatic carbocycles. The number of non-ortho nitro benzene ring substituents is 1. The van der Waals surface area contributed by atoms with E-state index >= 15 is 0 Å². The third-order valence-corrected chi connectivity index (χ3v) is 8.11. The van der Waals surface area contributed by atoms with E-state index in [0.717, 1.165) is 27.6 Å². The summed E-state index contributed by atoms with van der Waals surface area (Å²) in [6, 6.07) is 32.5. The van der Waals surface area contributed by atoms with Gasteiger partial charge in [-0.15, -0.1) is 0 Å². The summed E-state index contributed by atoms with van der Waals surface area (Å²) in [6.07, 6.45) is 1.39. The fraction of sp³-hybridized carbons (Fsp3) is 0.300. The van der Waals surface area contributed by atoms with E-state index in [1.165, 1.54) is 12.1 Å². The lowest BCUT2D eigenvalue weighted by Gasteiger charge is -2.30. The number of carbonyl (C=O) groups is 2. The number of aromatic nitrogens is 1. The molecule has 0 aliphatic rings. The second-order valence-electron chi connectivity index (χ2n) is 13.4. The van der Waals surface area contributed by atoms with Crippen molar-refractivity contribution in [3.05, 3.63) is 142 Å². The van der Waals surface area contributed by atoms with E-state index in [-0.39, 0.29) is 25.4 Å². The minimum atomic E-state index is -1.90. The number of nitro benzene ring substituents is 1. The number of aliphatic hydroxyl groups is 1. The van der Waals surface area contributed by atoms with Crippen molar-refractivity contribution in [1.29, 1.82) is 0 Å². The van der Waals surface area contributed by atoms with Crippen molar-refractivity contribution >= 4 is 28.5 Å². The Kier molecular flexibility index (Phi) is 11.9. The number of aryl methyl sites for hydroxylation is 1. The second-order valence-corrected chi connectivity index (χ2v) is 13.4. The smallest absolute Gasteiger partial charge is 0.355 e. The molecular formula is C40H43N3O8. The molecule has 51 heavy (non-hydrogen) atoms. The number of nitrogens with one attached hydrogen (secondary N) is 1. The van der Waals surface area contributed by atoms with Crippen molar-refractivity contribution in [2.45, 2.75) is 58.0 Å². The van der Waals surface area contributed by atoms with Gasteiger partial charge in [0, 0.05) is 36.1 Å². The molecule has 0 saturated carbocycles. The van der Waals surface area contributed by atoms with Crippen molar-refractivity contribution in [3.8, 4) is 5.75 Å². The molecule has 0 unspecified atom stereocenters. The molecule has 5 rings (SSSR count). The molecule has 266 valence electrons. The summed E-state index contributed by atoms with van der Waals surface area (Å²) in [5, 5.41) is 26.5. The van der Waals surface area contributed by atoms with Crippen LogP contribution in [0.15, 0.2) is 109 Å². The Labute approximate surface area is 296 Å². The number of nitrogens with zero attached hydrogens (tertiary/aromatic N) is 2. The summed E-state index contributed by atoms with van der Waals surface area (Å²) in [5.74, 6) is -0.708. The molecule has 5 aromatic rings. The van der Waals surface area contributed by atoms with Crippen LogP contribution < -0.4 is 10.1 Å². The molecule has 0 bridgehead atoms. The zero-order valence-corrected chi connectivity index (χ0v) is 29.0. The topological polar surface area (TPSA) is 142 Å². The third-order valence-electron chi connectivity index (χ3n) is 8.11. The third kappa shape index (κ3) is 10.3. The van der Waals surface area contributed by atoms with Crippen LogP contribution in [0.5, 0.6) is 5.75 Å². The molecule has 2 N–H and O–H groups in total. The molecule has 0 aliphatic heterocycles. The van der Waals surface area contributed by atoms with Gasteiger partial charge in [0.25, 0.3) is 5.69 Å². The number of benzene rings is 4. The van der Waals surface area contributed by atoms with Crippen molar-refractivity contribution in [2.75, 3.05) is 19.7 Å². The molecule has 0 spiro atoms. The Morgan fingerprint density at radius 3 is 2.20 bits per heavy atom. The fourth-order valence-electron chi connectivity index (χ4n) is 5.51. The summed E-state index contributed by atoms with van der Waals surface area (Å²) < 4.78 is 18.8. The van der Waals surface area contributed by atoms with Gasteiger partial charge in [-0.1, -0.05) is 66.7 Å². The van der Waals surface area contributed by atoms with Gasteiger partial charge in [-0.05, 0) is 87.2 Å². The highest BCUT2D eigenvalue weighted by molar-refractivity contribution is 5.96. The van der Waals surface area contributed by atoms with Gasteiger partial charge in [0.1, 0.15) is 30.3 Å². The Morgan fingerprint density at radius 2 is 1.53 bits per heavy atom. The lowest BCUT2D eigenvalue weighted by atomic mass is 10.0. The number of esters is 2. The van der Waals surface area contributed by atoms with E-state index in [4.69, 9.17) is 14.2 Å². The fourth-order valence-corrected chi connectivity index (χ4v) is 5.51. The van der Waals surface area contributed by atoms with Gasteiger partial charge in [0.2, 0.25) is 5.60 Å². The Balaban J connectivity index is 1.26. The van der Waals surface area contributed by atoms with Crippen LogP contribution in [0.2, 0.25) is 0 Å². The Morgan fingerprint density at radius 1 is 0.863 bits per heavy atom. The minimum absolute atomic E-state index is 0.00669. The van der Waals surface area contributed by atoms with Gasteiger partial charge in [0.15, 0.2) is 0 Å². The molecule has 11 heteroatoms. The summed E-state index contributed by atoms with van der Waals surface area (Å²) in [4.78, 5) is 37.1. The van der Waals surface area contributed by atoms with Crippen molar-refractivity contribution in [3.63, 3.8) is 0 Å². The maximum absolute atomic E-state index is 13.4. The highest BCUT2D eigenvalue weighted by Gasteiger charge is 2.40. The highest BCUT2D eigenvalue weighted by Crippen LogP contribution is 2.25. The van der Waals surface area contributed by atoms with Crippen molar-refractivity contribution in [2.24, 2.45) is 0 Å². The first-order valence-electron chi connectivity index (χ1n) is 16.8. The van der Waals surface area contributed by atoms with Gasteiger partial charge in [-0.25, -0.2) is 9.59 Å². The molecule has 0 fully saturated rings. The van der Waals surface area contributed by atoms with Gasteiger partial charge in [0.05, 0.1) is 4.92 Å². The van der Waals surface area contributed by atoms with Crippen LogP contribution >= 0.6 is 0 Å². The normalized spacial score (nSPS) is 12.6. The zero-order chi connectivity index (χ0) is 36.4. The molecule has 4 aromatic carbocycles. The molecule has 0 radical (unpaired) electrons. The molecule has 0 saturated heterocycles. The Hall–Kier alpha value is -5.52. The van der Waals surface area contributed by atoms with Crippen LogP contribution in [0.1, 0.15) is 54.4 Å². The van der Waals surface area contributed by atoms with Crippen molar-refractivity contribution < 1.29 is 33.8 Å². The number of carbonyl (C=O) groups excluding carboxylic acids is 2. The standard InChI is InChI=1S/C40H43N3O8/c1-39(2,3)51-38(45)40(46,28-50-34-14-8-5-9-15-34)27-41-22-10-13-29-18-21-35-32(23-29)24-36(37(44)49-26-31-11-6-4-7-12-31)42(35)25-30-16-19-33(20-17-30)43(47)48/h4-9,11-12,14-21,23-24,41,46H,10,13,22,25-28H2,1-3H3/t40-/m0/s1. The van der Waals surface area contributed by atoms with Crippen LogP contribution in [0.25, 0.3) is 10.9 Å². The first kappa shape index (κ1) is 36.8. The van der Waals surface area contributed by atoms with Crippen LogP contribution in [0.3, 0.4) is 0 Å². The van der Waals surface area contributed by atoms with E-state index in [2.05, 4.69) is 5.32 Å². The average molecular weight is 694 g/mol. The highest BCUT2D eigenvalue weighted by atomic mass is 16.6. The molecule has 1 heterocycles. The predicted molar refractivity (Wildman–Crippen MR) is 194 cm³/mol. The van der Waals surface area contributed by atoms with Crippen LogP contribution in [0, 0.1) is 10.1 Å². The van der Waals surface area contributed by atoms with E-state index in [9.17, 15) is 24.8 Å². The molecule has 0 amide bonds. The second kappa shape index (κ2) is 16.5. The molecule has 11 nitrogen and oxygen atoms in total. The summed E-state index contributed by atoms with van der Waals surface area (Å²) in [6.45, 7) is 5.84. The monoisotopic (exact) mass is 693 g/mol. The summed E-state index contributed by atoms with van der Waals surface area (Å²) >= 11 is 0. The van der Waals surface area contributed by atoms with E-state index < -0.39 is 28.1 Å². The first-order chi connectivity index (χ1) is 24.4. The van der Waals surface area contributed by atoms with E-state index in [1.807, 2.05) is 77.4 Å². The minimum Gasteiger partial charge on any atom is -0.490 e. The van der Waals surface area contributed by atoms with Crippen LogP contribution in [-0.2, 0) is 33.8 Å². The van der Waals surface area contributed by atoms with Crippen LogP contribution in [0.4, 0.5) is 5.69 Å². The average Bonchev–Trinajstić information content (AvgIpc) is 3.47. The maximum Gasteiger partial charge on any atom is 0.355 e. The number of ether oxygens (including phenoxy) is 3. The van der Waals surface area contributed by atoms with E-state index in [0.29, 0.717) is 37.4 Å². The quantitative estimate of drug-likeness (QED) is 0.0504. The molecular weight excluding hydrogens is 650 g/mol. The van der Waals surface area contributed by atoms with Gasteiger partial charge in [-0.2, -0.15) is 0 Å². The summed E-state index contributed by atoms with van der Waals surface area (Å²) in [5.41, 5.74) is 1.21. The van der Waals surface area contributed by atoms with E-state index in [1.54, 1.807) is 45.0 Å². The largest absolute Gasteiger partial charge is 0.490 e. The van der Waals surface area contributed by atoms with Crippen LogP contribution in [-0.4, -0.2) is 57.4 Å². The summed E-state index contributed by atoms with van der Waals surface area (Å²) in [7, 11) is 0. The van der Waals surface area contributed by atoms with Gasteiger partial charge < -0.3 is 29.2 Å². The molecule has 1 atom stereocenters. The van der Waals surface area contributed by atoms with Gasteiger partial charge in [-0.3, -0.25) is 10.1 Å². The number of hydrogen-bond acceptors (Lipinski definition) is 9. The van der Waals surface area contributed by atoms with Crippen molar-refractivity contribution in [1.82, 2.24) is 9.88 Å².